The van der Waals surface area contributed by atoms with Gasteiger partial charge < -0.3 is 5.32 Å². The number of hydrogen-bond acceptors (Lipinski definition) is 3. The lowest BCUT2D eigenvalue weighted by Crippen LogP contribution is -2.39. The molecule has 18 heavy (non-hydrogen) atoms. The average Bonchev–Trinajstić information content (AvgIpc) is 2.29. The second-order valence-electron chi connectivity index (χ2n) is 3.09. The van der Waals surface area contributed by atoms with E-state index in [1.165, 1.54) is 5.43 Å². The van der Waals surface area contributed by atoms with E-state index in [0.29, 0.717) is 0 Å². The molecule has 0 radical (unpaired) electrons. The standard InChI is InChI=1S/C9H7ClF3N3O2/c10-5-3-1-2-4(9(11,12)13)6(5)15-7(17)8(18)16-14/h1-3H,14H2,(H,15,17)(H,16,18). The number of amides is 2. The van der Waals surface area contributed by atoms with Crippen LogP contribution in [0.3, 0.4) is 0 Å². The molecule has 4 N–H and O–H groups in total. The highest BCUT2D eigenvalue weighted by Gasteiger charge is 2.35. The number of benzene rings is 1. The van der Waals surface area contributed by atoms with Gasteiger partial charge in [-0.2, -0.15) is 13.2 Å². The average molecular weight is 282 g/mol. The molecule has 0 aliphatic carbocycles. The second kappa shape index (κ2) is 5.23. The molecule has 0 atom stereocenters. The summed E-state index contributed by atoms with van der Waals surface area (Å²) in [6.45, 7) is 0. The van der Waals surface area contributed by atoms with Crippen LogP contribution < -0.4 is 16.6 Å². The molecule has 9 heteroatoms. The van der Waals surface area contributed by atoms with Crippen LogP contribution in [0.1, 0.15) is 5.56 Å². The Bertz CT molecular complexity index is 490. The molecule has 0 bridgehead atoms. The van der Waals surface area contributed by atoms with Crippen LogP contribution in [-0.2, 0) is 15.8 Å². The monoisotopic (exact) mass is 281 g/mol. The number of alkyl halides is 3. The van der Waals surface area contributed by atoms with Crippen LogP contribution in [-0.4, -0.2) is 11.8 Å². The number of carbonyl (C=O) groups excluding carboxylic acids is 2. The molecule has 1 aromatic carbocycles. The summed E-state index contributed by atoms with van der Waals surface area (Å²) < 4.78 is 37.9. The van der Waals surface area contributed by atoms with Crippen LogP contribution >= 0.6 is 11.6 Å². The predicted octanol–water partition coefficient (Wildman–Crippen LogP) is 1.29. The van der Waals surface area contributed by atoms with Crippen LogP contribution in [0.25, 0.3) is 0 Å². The zero-order valence-electron chi connectivity index (χ0n) is 8.64. The Hall–Kier alpha value is -1.80. The summed E-state index contributed by atoms with van der Waals surface area (Å²) in [4.78, 5) is 22.0. The van der Waals surface area contributed by atoms with Gasteiger partial charge in [0.05, 0.1) is 16.3 Å². The number of carbonyl (C=O) groups is 2. The normalized spacial score (nSPS) is 10.9. The Kier molecular flexibility index (Phi) is 4.15. The van der Waals surface area contributed by atoms with Gasteiger partial charge in [-0.15, -0.1) is 0 Å². The van der Waals surface area contributed by atoms with Crippen molar-refractivity contribution in [2.24, 2.45) is 5.84 Å². The summed E-state index contributed by atoms with van der Waals surface area (Å²) in [6.07, 6.45) is -4.72. The number of anilines is 1. The van der Waals surface area contributed by atoms with Crippen LogP contribution in [0.2, 0.25) is 5.02 Å². The molecule has 0 aromatic heterocycles. The Labute approximate surface area is 104 Å². The number of halogens is 4. The van der Waals surface area contributed by atoms with Gasteiger partial charge in [0.15, 0.2) is 0 Å². The second-order valence-corrected chi connectivity index (χ2v) is 3.49. The minimum absolute atomic E-state index is 0.344. The van der Waals surface area contributed by atoms with E-state index in [0.717, 1.165) is 18.2 Å². The zero-order chi connectivity index (χ0) is 13.9. The van der Waals surface area contributed by atoms with E-state index < -0.39 is 29.2 Å². The van der Waals surface area contributed by atoms with Crippen molar-refractivity contribution in [3.63, 3.8) is 0 Å². The SMILES string of the molecule is NNC(=O)C(=O)Nc1c(Cl)cccc1C(F)(F)F. The molecule has 98 valence electrons. The molecule has 2 amide bonds. The lowest BCUT2D eigenvalue weighted by molar-refractivity contribution is -0.138. The molecule has 1 aromatic rings. The maximum atomic E-state index is 12.6. The predicted molar refractivity (Wildman–Crippen MR) is 57.4 cm³/mol. The Balaban J connectivity index is 3.16. The van der Waals surface area contributed by atoms with Crippen molar-refractivity contribution in [3.05, 3.63) is 28.8 Å². The van der Waals surface area contributed by atoms with E-state index in [4.69, 9.17) is 11.6 Å². The first kappa shape index (κ1) is 14.3. The van der Waals surface area contributed by atoms with E-state index in [1.54, 1.807) is 5.32 Å². The smallest absolute Gasteiger partial charge is 0.316 e. The molecule has 0 aliphatic rings. The van der Waals surface area contributed by atoms with Crippen molar-refractivity contribution < 1.29 is 22.8 Å². The Morgan fingerprint density at radius 3 is 2.33 bits per heavy atom. The summed E-state index contributed by atoms with van der Waals surface area (Å²) in [7, 11) is 0. The van der Waals surface area contributed by atoms with Gasteiger partial charge in [0.1, 0.15) is 0 Å². The van der Waals surface area contributed by atoms with Crippen LogP contribution in [0.4, 0.5) is 18.9 Å². The van der Waals surface area contributed by atoms with Crippen molar-refractivity contribution in [2.75, 3.05) is 5.32 Å². The van der Waals surface area contributed by atoms with E-state index in [2.05, 4.69) is 5.84 Å². The fourth-order valence-electron chi connectivity index (χ4n) is 1.12. The molecule has 5 nitrogen and oxygen atoms in total. The lowest BCUT2D eigenvalue weighted by Gasteiger charge is -2.14. The summed E-state index contributed by atoms with van der Waals surface area (Å²) in [5.41, 5.74) is -0.366. The van der Waals surface area contributed by atoms with E-state index in [9.17, 15) is 22.8 Å². The van der Waals surface area contributed by atoms with Crippen molar-refractivity contribution in [2.45, 2.75) is 6.18 Å². The van der Waals surface area contributed by atoms with Crippen molar-refractivity contribution in [1.29, 1.82) is 0 Å². The highest BCUT2D eigenvalue weighted by molar-refractivity contribution is 6.41. The van der Waals surface area contributed by atoms with E-state index in [-0.39, 0.29) is 5.02 Å². The first-order chi connectivity index (χ1) is 8.27. The molecular formula is C9H7ClF3N3O2. The lowest BCUT2D eigenvalue weighted by atomic mass is 10.1. The van der Waals surface area contributed by atoms with Gasteiger partial charge >= 0.3 is 18.0 Å². The topological polar surface area (TPSA) is 84.2 Å². The van der Waals surface area contributed by atoms with Gasteiger partial charge in [-0.1, -0.05) is 17.7 Å². The number of hydrazine groups is 1. The third kappa shape index (κ3) is 3.11. The Morgan fingerprint density at radius 2 is 1.83 bits per heavy atom. The summed E-state index contributed by atoms with van der Waals surface area (Å²) in [6, 6.07) is 2.94. The molecule has 0 unspecified atom stereocenters. The van der Waals surface area contributed by atoms with Crippen molar-refractivity contribution in [1.82, 2.24) is 5.43 Å². The molecule has 0 saturated carbocycles. The van der Waals surface area contributed by atoms with Crippen LogP contribution in [0.5, 0.6) is 0 Å². The number of hydrogen-bond donors (Lipinski definition) is 3. The molecule has 1 rings (SSSR count). The third-order valence-corrected chi connectivity index (χ3v) is 2.21. The van der Waals surface area contributed by atoms with Gasteiger partial charge in [-0.3, -0.25) is 15.0 Å². The number of nitrogens with one attached hydrogen (secondary N) is 2. The largest absolute Gasteiger partial charge is 0.418 e. The minimum Gasteiger partial charge on any atom is -0.316 e. The van der Waals surface area contributed by atoms with Crippen molar-refractivity contribution in [3.8, 4) is 0 Å². The number of nitrogens with two attached hydrogens (primary N) is 1. The third-order valence-electron chi connectivity index (χ3n) is 1.89. The fraction of sp³-hybridized carbons (Fsp3) is 0.111. The van der Waals surface area contributed by atoms with E-state index >= 15 is 0 Å². The van der Waals surface area contributed by atoms with E-state index in [1.807, 2.05) is 0 Å². The van der Waals surface area contributed by atoms with Gasteiger partial charge in [-0.25, -0.2) is 5.84 Å². The quantitative estimate of drug-likeness (QED) is 0.314. The summed E-state index contributed by atoms with van der Waals surface area (Å²) in [5.74, 6) is 2.03. The molecular weight excluding hydrogens is 275 g/mol. The van der Waals surface area contributed by atoms with Gasteiger partial charge in [0, 0.05) is 0 Å². The van der Waals surface area contributed by atoms with Gasteiger partial charge in [0.2, 0.25) is 0 Å². The maximum Gasteiger partial charge on any atom is 0.418 e. The molecule has 0 fully saturated rings. The van der Waals surface area contributed by atoms with Crippen LogP contribution in [0.15, 0.2) is 18.2 Å². The first-order valence-electron chi connectivity index (χ1n) is 4.45. The Morgan fingerprint density at radius 1 is 1.22 bits per heavy atom. The minimum atomic E-state index is -4.72. The maximum absolute atomic E-state index is 12.6. The summed E-state index contributed by atoms with van der Waals surface area (Å²) >= 11 is 5.55. The van der Waals surface area contributed by atoms with Crippen LogP contribution in [0, 0.1) is 0 Å². The highest BCUT2D eigenvalue weighted by Crippen LogP contribution is 2.38. The van der Waals surface area contributed by atoms with Gasteiger partial charge in [-0.05, 0) is 12.1 Å². The van der Waals surface area contributed by atoms with Gasteiger partial charge in [0.25, 0.3) is 0 Å². The molecule has 0 saturated heterocycles. The van der Waals surface area contributed by atoms with Crippen molar-refractivity contribution >= 4 is 29.1 Å². The number of rotatable bonds is 1. The molecule has 0 heterocycles. The first-order valence-corrected chi connectivity index (χ1v) is 4.82. The number of para-hydroxylation sites is 1. The zero-order valence-corrected chi connectivity index (χ0v) is 9.39. The highest BCUT2D eigenvalue weighted by atomic mass is 35.5. The fourth-order valence-corrected chi connectivity index (χ4v) is 1.35. The summed E-state index contributed by atoms with van der Waals surface area (Å²) in [5, 5.41) is 1.41. The molecule has 0 aliphatic heterocycles. The molecule has 0 spiro atoms.